The molecule has 3 aromatic rings. The SMILES string of the molecule is CSc1nnc(SCc2nnc(-c3ccc(Br)cc3)o2)s1. The summed E-state index contributed by atoms with van der Waals surface area (Å²) in [6, 6.07) is 7.76. The molecule has 0 N–H and O–H groups in total. The van der Waals surface area contributed by atoms with E-state index < -0.39 is 0 Å². The van der Waals surface area contributed by atoms with Gasteiger partial charge < -0.3 is 4.42 Å². The third kappa shape index (κ3) is 3.85. The smallest absolute Gasteiger partial charge is 0.247 e. The topological polar surface area (TPSA) is 64.7 Å². The second kappa shape index (κ2) is 6.91. The second-order valence-electron chi connectivity index (χ2n) is 3.83. The van der Waals surface area contributed by atoms with Crippen LogP contribution < -0.4 is 0 Å². The molecule has 0 amide bonds. The molecule has 0 spiro atoms. The first kappa shape index (κ1) is 15.0. The van der Waals surface area contributed by atoms with Crippen LogP contribution in [-0.4, -0.2) is 26.7 Å². The maximum atomic E-state index is 5.66. The quantitative estimate of drug-likeness (QED) is 0.589. The van der Waals surface area contributed by atoms with E-state index in [4.69, 9.17) is 4.42 Å². The van der Waals surface area contributed by atoms with E-state index in [0.29, 0.717) is 17.5 Å². The number of halogens is 1. The molecule has 3 rings (SSSR count). The molecule has 9 heteroatoms. The number of rotatable bonds is 5. The standard InChI is InChI=1S/C12H9BrN4OS3/c1-19-11-16-17-12(21-11)20-6-9-14-15-10(18-9)7-2-4-8(13)5-3-7/h2-5H,6H2,1H3. The largest absolute Gasteiger partial charge is 0.420 e. The molecule has 0 bridgehead atoms. The number of thioether (sulfide) groups is 2. The maximum Gasteiger partial charge on any atom is 0.247 e. The lowest BCUT2D eigenvalue weighted by Crippen LogP contribution is -1.80. The van der Waals surface area contributed by atoms with Crippen molar-refractivity contribution in [2.24, 2.45) is 0 Å². The summed E-state index contributed by atoms with van der Waals surface area (Å²) in [5.41, 5.74) is 0.905. The summed E-state index contributed by atoms with van der Waals surface area (Å²) in [7, 11) is 0. The molecular weight excluding hydrogens is 392 g/mol. The molecule has 0 fully saturated rings. The van der Waals surface area contributed by atoms with E-state index in [-0.39, 0.29) is 0 Å². The van der Waals surface area contributed by atoms with Crippen molar-refractivity contribution in [2.75, 3.05) is 6.26 Å². The van der Waals surface area contributed by atoms with E-state index in [1.54, 1.807) is 34.9 Å². The van der Waals surface area contributed by atoms with Crippen LogP contribution in [-0.2, 0) is 5.75 Å². The van der Waals surface area contributed by atoms with E-state index in [2.05, 4.69) is 36.3 Å². The van der Waals surface area contributed by atoms with Crippen LogP contribution in [0, 0.1) is 0 Å². The van der Waals surface area contributed by atoms with Gasteiger partial charge in [0.15, 0.2) is 8.68 Å². The van der Waals surface area contributed by atoms with Crippen LogP contribution in [0.4, 0.5) is 0 Å². The highest BCUT2D eigenvalue weighted by molar-refractivity contribution is 9.10. The Balaban J connectivity index is 1.66. The highest BCUT2D eigenvalue weighted by Gasteiger charge is 2.10. The summed E-state index contributed by atoms with van der Waals surface area (Å²) in [6.07, 6.45) is 1.98. The van der Waals surface area contributed by atoms with Crippen molar-refractivity contribution in [2.45, 2.75) is 14.4 Å². The highest BCUT2D eigenvalue weighted by atomic mass is 79.9. The van der Waals surface area contributed by atoms with Gasteiger partial charge >= 0.3 is 0 Å². The second-order valence-corrected chi connectivity index (χ2v) is 8.00. The van der Waals surface area contributed by atoms with E-state index in [1.807, 2.05) is 30.5 Å². The predicted octanol–water partition coefficient (Wildman–Crippen LogP) is 4.36. The van der Waals surface area contributed by atoms with Gasteiger partial charge in [-0.2, -0.15) is 0 Å². The van der Waals surface area contributed by atoms with Crippen LogP contribution >= 0.6 is 50.8 Å². The third-order valence-electron chi connectivity index (χ3n) is 2.44. The van der Waals surface area contributed by atoms with Crippen LogP contribution in [0.25, 0.3) is 11.5 Å². The van der Waals surface area contributed by atoms with E-state index in [1.165, 1.54) is 0 Å². The number of aromatic nitrogens is 4. The molecular formula is C12H9BrN4OS3. The molecule has 0 aliphatic carbocycles. The van der Waals surface area contributed by atoms with Crippen molar-refractivity contribution in [3.05, 3.63) is 34.6 Å². The van der Waals surface area contributed by atoms with Gasteiger partial charge in [-0.15, -0.1) is 20.4 Å². The van der Waals surface area contributed by atoms with Gasteiger partial charge in [-0.05, 0) is 30.5 Å². The summed E-state index contributed by atoms with van der Waals surface area (Å²) in [5.74, 6) is 1.70. The Labute approximate surface area is 142 Å². The molecule has 2 aromatic heterocycles. The monoisotopic (exact) mass is 400 g/mol. The van der Waals surface area contributed by atoms with E-state index >= 15 is 0 Å². The minimum Gasteiger partial charge on any atom is -0.420 e. The Kier molecular flexibility index (Phi) is 4.94. The molecule has 2 heterocycles. The summed E-state index contributed by atoms with van der Waals surface area (Å²) >= 11 is 8.10. The van der Waals surface area contributed by atoms with Crippen molar-refractivity contribution in [1.82, 2.24) is 20.4 Å². The van der Waals surface area contributed by atoms with Crippen molar-refractivity contribution < 1.29 is 4.42 Å². The molecule has 21 heavy (non-hydrogen) atoms. The normalized spacial score (nSPS) is 11.0. The fourth-order valence-electron chi connectivity index (χ4n) is 1.48. The fraction of sp³-hybridized carbons (Fsp3) is 0.167. The summed E-state index contributed by atoms with van der Waals surface area (Å²) < 4.78 is 8.54. The Bertz CT molecular complexity index is 728. The summed E-state index contributed by atoms with van der Waals surface area (Å²) in [5, 5.41) is 16.3. The van der Waals surface area contributed by atoms with E-state index in [9.17, 15) is 0 Å². The first-order valence-electron chi connectivity index (χ1n) is 5.83. The zero-order chi connectivity index (χ0) is 14.7. The molecule has 0 aliphatic rings. The molecule has 5 nitrogen and oxygen atoms in total. The van der Waals surface area contributed by atoms with Crippen LogP contribution in [0.1, 0.15) is 5.89 Å². The van der Waals surface area contributed by atoms with E-state index in [0.717, 1.165) is 18.7 Å². The predicted molar refractivity (Wildman–Crippen MR) is 88.7 cm³/mol. The minimum atomic E-state index is 0.528. The van der Waals surface area contributed by atoms with Crippen molar-refractivity contribution >= 4 is 50.8 Å². The van der Waals surface area contributed by atoms with Crippen molar-refractivity contribution in [3.8, 4) is 11.5 Å². The van der Waals surface area contributed by atoms with Crippen LogP contribution in [0.3, 0.4) is 0 Å². The first-order valence-corrected chi connectivity index (χ1v) is 9.65. The Hall–Kier alpha value is -0.900. The zero-order valence-corrected chi connectivity index (χ0v) is 14.9. The van der Waals surface area contributed by atoms with Gasteiger partial charge in [-0.25, -0.2) is 0 Å². The lowest BCUT2D eigenvalue weighted by Gasteiger charge is -1.94. The highest BCUT2D eigenvalue weighted by Crippen LogP contribution is 2.30. The molecule has 0 atom stereocenters. The van der Waals surface area contributed by atoms with Crippen molar-refractivity contribution in [1.29, 1.82) is 0 Å². The first-order chi connectivity index (χ1) is 10.2. The molecule has 0 saturated heterocycles. The molecule has 108 valence electrons. The zero-order valence-electron chi connectivity index (χ0n) is 10.8. The Morgan fingerprint density at radius 2 is 1.86 bits per heavy atom. The molecule has 0 aliphatic heterocycles. The molecule has 0 radical (unpaired) electrons. The van der Waals surface area contributed by atoms with Crippen molar-refractivity contribution in [3.63, 3.8) is 0 Å². The number of benzene rings is 1. The van der Waals surface area contributed by atoms with Gasteiger partial charge in [0.05, 0.1) is 5.75 Å². The maximum absolute atomic E-state index is 5.66. The number of hydrogen-bond acceptors (Lipinski definition) is 8. The van der Waals surface area contributed by atoms with Crippen LogP contribution in [0.5, 0.6) is 0 Å². The van der Waals surface area contributed by atoms with Gasteiger partial charge in [0, 0.05) is 10.0 Å². The van der Waals surface area contributed by atoms with Gasteiger partial charge in [0.1, 0.15) is 0 Å². The van der Waals surface area contributed by atoms with Gasteiger partial charge in [-0.3, -0.25) is 0 Å². The Morgan fingerprint density at radius 3 is 2.57 bits per heavy atom. The van der Waals surface area contributed by atoms with Gasteiger partial charge in [0.2, 0.25) is 11.8 Å². The summed E-state index contributed by atoms with van der Waals surface area (Å²) in [4.78, 5) is 0. The minimum absolute atomic E-state index is 0.528. The lowest BCUT2D eigenvalue weighted by atomic mass is 10.2. The van der Waals surface area contributed by atoms with Crippen LogP contribution in [0.15, 0.2) is 41.8 Å². The number of nitrogens with zero attached hydrogens (tertiary/aromatic N) is 4. The molecule has 0 saturated carbocycles. The molecule has 0 unspecified atom stereocenters. The van der Waals surface area contributed by atoms with Gasteiger partial charge in [-0.1, -0.05) is 50.8 Å². The third-order valence-corrected chi connectivity index (χ3v) is 5.99. The molecule has 1 aromatic carbocycles. The number of hydrogen-bond donors (Lipinski definition) is 0. The van der Waals surface area contributed by atoms with Gasteiger partial charge in [0.25, 0.3) is 0 Å². The summed E-state index contributed by atoms with van der Waals surface area (Å²) in [6.45, 7) is 0. The van der Waals surface area contributed by atoms with Crippen LogP contribution in [0.2, 0.25) is 0 Å². The average molecular weight is 401 g/mol. The lowest BCUT2D eigenvalue weighted by molar-refractivity contribution is 0.528. The fourth-order valence-corrected chi connectivity index (χ4v) is 4.02. The average Bonchev–Trinajstić information content (AvgIpc) is 3.15. The Morgan fingerprint density at radius 1 is 1.10 bits per heavy atom.